The van der Waals surface area contributed by atoms with Gasteiger partial charge in [0, 0.05) is 25.7 Å². The number of nitrogens with one attached hydrogen (secondary N) is 1. The van der Waals surface area contributed by atoms with Crippen LogP contribution in [0.25, 0.3) is 0 Å². The van der Waals surface area contributed by atoms with Crippen molar-refractivity contribution in [1.82, 2.24) is 5.32 Å². The zero-order valence-electron chi connectivity index (χ0n) is 11.6. The molecular weight excluding hydrogens is 284 g/mol. The van der Waals surface area contributed by atoms with E-state index in [1.807, 2.05) is 0 Å². The first-order valence-corrected chi connectivity index (χ1v) is 6.30. The van der Waals surface area contributed by atoms with Crippen molar-refractivity contribution in [3.8, 4) is 5.75 Å². The van der Waals surface area contributed by atoms with Crippen molar-refractivity contribution < 1.29 is 19.1 Å². The van der Waals surface area contributed by atoms with Crippen LogP contribution >= 0.6 is 11.6 Å². The highest BCUT2D eigenvalue weighted by molar-refractivity contribution is 6.32. The van der Waals surface area contributed by atoms with Crippen molar-refractivity contribution in [2.45, 2.75) is 6.92 Å². The highest BCUT2D eigenvalue weighted by atomic mass is 35.5. The summed E-state index contributed by atoms with van der Waals surface area (Å²) in [4.78, 5) is 24.1. The molecule has 0 spiro atoms. The number of hydrogen-bond donors (Lipinski definition) is 1. The van der Waals surface area contributed by atoms with Gasteiger partial charge in [0.15, 0.2) is 0 Å². The minimum absolute atomic E-state index is 0.155. The van der Waals surface area contributed by atoms with Crippen LogP contribution in [0.4, 0.5) is 10.5 Å². The van der Waals surface area contributed by atoms with E-state index in [-0.39, 0.29) is 12.5 Å². The van der Waals surface area contributed by atoms with Gasteiger partial charge in [0.2, 0.25) is 5.91 Å². The normalized spacial score (nSPS) is 9.80. The first-order valence-electron chi connectivity index (χ1n) is 5.93. The molecule has 0 aliphatic carbocycles. The number of halogens is 1. The summed E-state index contributed by atoms with van der Waals surface area (Å²) in [5.41, 5.74) is 0.634. The van der Waals surface area contributed by atoms with Gasteiger partial charge in [-0.25, -0.2) is 4.79 Å². The van der Waals surface area contributed by atoms with Crippen molar-refractivity contribution in [3.05, 3.63) is 23.2 Å². The van der Waals surface area contributed by atoms with Crippen LogP contribution in [0.2, 0.25) is 5.02 Å². The van der Waals surface area contributed by atoms with Crippen molar-refractivity contribution in [2.24, 2.45) is 0 Å². The van der Waals surface area contributed by atoms with Crippen LogP contribution in [0.15, 0.2) is 18.2 Å². The predicted molar refractivity (Wildman–Crippen MR) is 76.4 cm³/mol. The standard InChI is InChI=1S/C13H17ClN2O4/c1-9(17)16(7-6-15-13(18)20-3)10-4-5-12(19-2)11(14)8-10/h4-5,8H,6-7H2,1-3H3,(H,15,18). The second-order valence-electron chi connectivity index (χ2n) is 3.91. The molecular formula is C13H17ClN2O4. The van der Waals surface area contributed by atoms with Crippen LogP contribution in [0, 0.1) is 0 Å². The number of amides is 2. The van der Waals surface area contributed by atoms with Gasteiger partial charge in [0.25, 0.3) is 0 Å². The molecule has 1 N–H and O–H groups in total. The highest BCUT2D eigenvalue weighted by Gasteiger charge is 2.13. The third-order valence-corrected chi connectivity index (χ3v) is 2.91. The van der Waals surface area contributed by atoms with Gasteiger partial charge in [0.05, 0.1) is 19.2 Å². The van der Waals surface area contributed by atoms with E-state index in [1.165, 1.54) is 26.0 Å². The molecule has 2 amide bonds. The molecule has 0 saturated carbocycles. The molecule has 110 valence electrons. The van der Waals surface area contributed by atoms with Crippen molar-refractivity contribution in [3.63, 3.8) is 0 Å². The molecule has 1 aromatic carbocycles. The third kappa shape index (κ3) is 4.31. The topological polar surface area (TPSA) is 67.9 Å². The van der Waals surface area contributed by atoms with E-state index in [1.54, 1.807) is 18.2 Å². The summed E-state index contributed by atoms with van der Waals surface area (Å²) in [6, 6.07) is 5.05. The van der Waals surface area contributed by atoms with Gasteiger partial charge < -0.3 is 19.7 Å². The minimum Gasteiger partial charge on any atom is -0.495 e. The molecule has 0 radical (unpaired) electrons. The number of methoxy groups -OCH3 is 2. The van der Waals surface area contributed by atoms with Crippen LogP contribution in [-0.2, 0) is 9.53 Å². The molecule has 0 unspecified atom stereocenters. The average molecular weight is 301 g/mol. The first kappa shape index (κ1) is 16.1. The van der Waals surface area contributed by atoms with Gasteiger partial charge in [-0.3, -0.25) is 4.79 Å². The molecule has 0 aromatic heterocycles. The van der Waals surface area contributed by atoms with Crippen LogP contribution in [0.5, 0.6) is 5.75 Å². The molecule has 0 aliphatic rings. The van der Waals surface area contributed by atoms with E-state index in [9.17, 15) is 9.59 Å². The molecule has 0 saturated heterocycles. The van der Waals surface area contributed by atoms with Gasteiger partial charge in [-0.2, -0.15) is 0 Å². The Bertz CT molecular complexity index is 493. The smallest absolute Gasteiger partial charge is 0.406 e. The quantitative estimate of drug-likeness (QED) is 0.904. The summed E-state index contributed by atoms with van der Waals surface area (Å²) >= 11 is 6.03. The Morgan fingerprint density at radius 2 is 2.05 bits per heavy atom. The van der Waals surface area contributed by atoms with Crippen LogP contribution in [0.3, 0.4) is 0 Å². The lowest BCUT2D eigenvalue weighted by Gasteiger charge is -2.22. The van der Waals surface area contributed by atoms with Crippen LogP contribution < -0.4 is 15.0 Å². The minimum atomic E-state index is -0.540. The maximum atomic E-state index is 11.7. The van der Waals surface area contributed by atoms with Crippen LogP contribution in [-0.4, -0.2) is 39.3 Å². The lowest BCUT2D eigenvalue weighted by atomic mass is 10.2. The number of ether oxygens (including phenoxy) is 2. The highest BCUT2D eigenvalue weighted by Crippen LogP contribution is 2.29. The van der Waals surface area contributed by atoms with E-state index in [4.69, 9.17) is 16.3 Å². The molecule has 6 nitrogen and oxygen atoms in total. The summed E-state index contributed by atoms with van der Waals surface area (Å²) in [6.45, 7) is 2.03. The molecule has 7 heteroatoms. The first-order chi connectivity index (χ1) is 9.49. The second-order valence-corrected chi connectivity index (χ2v) is 4.32. The average Bonchev–Trinajstić information content (AvgIpc) is 2.42. The number of hydrogen-bond acceptors (Lipinski definition) is 4. The number of carbonyl (C=O) groups excluding carboxylic acids is 2. The number of benzene rings is 1. The van der Waals surface area contributed by atoms with Crippen molar-refractivity contribution in [2.75, 3.05) is 32.2 Å². The molecule has 1 aromatic rings. The summed E-state index contributed by atoms with van der Waals surface area (Å²) in [5.74, 6) is 0.379. The summed E-state index contributed by atoms with van der Waals surface area (Å²) < 4.78 is 9.51. The number of alkyl carbamates (subject to hydrolysis) is 1. The van der Waals surface area contributed by atoms with Crippen molar-refractivity contribution >= 4 is 29.3 Å². The Balaban J connectivity index is 2.78. The molecule has 0 bridgehead atoms. The zero-order chi connectivity index (χ0) is 15.1. The molecule has 0 atom stereocenters. The number of anilines is 1. The molecule has 0 fully saturated rings. The van der Waals surface area contributed by atoms with Gasteiger partial charge in [0.1, 0.15) is 5.75 Å². The maximum Gasteiger partial charge on any atom is 0.406 e. The van der Waals surface area contributed by atoms with Crippen molar-refractivity contribution in [1.29, 1.82) is 0 Å². The Hall–Kier alpha value is -1.95. The third-order valence-electron chi connectivity index (χ3n) is 2.62. The number of nitrogens with zero attached hydrogens (tertiary/aromatic N) is 1. The largest absolute Gasteiger partial charge is 0.495 e. The fourth-order valence-corrected chi connectivity index (χ4v) is 1.89. The van der Waals surface area contributed by atoms with E-state index in [0.717, 1.165) is 0 Å². The zero-order valence-corrected chi connectivity index (χ0v) is 12.4. The second kappa shape index (κ2) is 7.59. The lowest BCUT2D eigenvalue weighted by Crippen LogP contribution is -2.37. The molecule has 0 heterocycles. The van der Waals surface area contributed by atoms with Gasteiger partial charge >= 0.3 is 6.09 Å². The number of rotatable bonds is 5. The fourth-order valence-electron chi connectivity index (χ4n) is 1.63. The van der Waals surface area contributed by atoms with E-state index in [2.05, 4.69) is 10.1 Å². The summed E-state index contributed by atoms with van der Waals surface area (Å²) in [5, 5.41) is 2.93. The molecule has 20 heavy (non-hydrogen) atoms. The van der Waals surface area contributed by atoms with Gasteiger partial charge in [-0.1, -0.05) is 11.6 Å². The Morgan fingerprint density at radius 1 is 1.35 bits per heavy atom. The van der Waals surface area contributed by atoms with E-state index >= 15 is 0 Å². The predicted octanol–water partition coefficient (Wildman–Crippen LogP) is 2.06. The molecule has 0 aliphatic heterocycles. The van der Waals surface area contributed by atoms with E-state index < -0.39 is 6.09 Å². The fraction of sp³-hybridized carbons (Fsp3) is 0.385. The van der Waals surface area contributed by atoms with Crippen LogP contribution in [0.1, 0.15) is 6.92 Å². The van der Waals surface area contributed by atoms with Gasteiger partial charge in [-0.15, -0.1) is 0 Å². The summed E-state index contributed by atoms with van der Waals surface area (Å²) in [6.07, 6.45) is -0.540. The SMILES string of the molecule is COC(=O)NCCN(C(C)=O)c1ccc(OC)c(Cl)c1. The molecule has 1 rings (SSSR count). The monoisotopic (exact) mass is 300 g/mol. The Labute approximate surface area is 122 Å². The Morgan fingerprint density at radius 3 is 2.55 bits per heavy atom. The summed E-state index contributed by atoms with van der Waals surface area (Å²) in [7, 11) is 2.80. The number of carbonyl (C=O) groups is 2. The van der Waals surface area contributed by atoms with E-state index in [0.29, 0.717) is 23.0 Å². The maximum absolute atomic E-state index is 11.7. The Kier molecular flexibility index (Phi) is 6.11. The lowest BCUT2D eigenvalue weighted by molar-refractivity contribution is -0.116. The van der Waals surface area contributed by atoms with Gasteiger partial charge in [-0.05, 0) is 18.2 Å².